The van der Waals surface area contributed by atoms with Crippen LogP contribution in [-0.2, 0) is 0 Å². The third-order valence-electron chi connectivity index (χ3n) is 2.29. The summed E-state index contributed by atoms with van der Waals surface area (Å²) in [6.45, 7) is 1.92. The molecule has 0 saturated carbocycles. The van der Waals surface area contributed by atoms with Gasteiger partial charge in [0, 0.05) is 11.8 Å². The highest BCUT2D eigenvalue weighted by molar-refractivity contribution is 7.13. The molecule has 0 bridgehead atoms. The summed E-state index contributed by atoms with van der Waals surface area (Å²) in [5.74, 6) is 0. The Morgan fingerprint density at radius 1 is 1.38 bits per heavy atom. The zero-order valence-corrected chi connectivity index (χ0v) is 10.1. The van der Waals surface area contributed by atoms with Gasteiger partial charge in [-0.3, -0.25) is 0 Å². The molecule has 0 aliphatic carbocycles. The van der Waals surface area contributed by atoms with Crippen LogP contribution in [0.4, 0.5) is 0 Å². The summed E-state index contributed by atoms with van der Waals surface area (Å²) in [7, 11) is 0. The van der Waals surface area contributed by atoms with Gasteiger partial charge in [0.2, 0.25) is 0 Å². The zero-order valence-electron chi connectivity index (χ0n) is 8.51. The normalized spacial score (nSPS) is 11.1. The monoisotopic (exact) mass is 249 g/mol. The van der Waals surface area contributed by atoms with Crippen LogP contribution in [0.2, 0.25) is 5.15 Å². The molecule has 16 heavy (non-hydrogen) atoms. The fourth-order valence-electron chi connectivity index (χ4n) is 1.60. The maximum atomic E-state index is 6.10. The van der Waals surface area contributed by atoms with Gasteiger partial charge in [-0.05, 0) is 24.4 Å². The number of hydrogen-bond acceptors (Lipinski definition) is 3. The molecule has 3 aromatic rings. The van der Waals surface area contributed by atoms with Gasteiger partial charge in [-0.15, -0.1) is 11.3 Å². The standard InChI is InChI=1S/C11H8ClN3S/c1-7-5-10(12)15-11(13-7)6-8(14-15)9-3-2-4-16-9/h2-6H,1H3. The second-order valence-electron chi connectivity index (χ2n) is 3.50. The Labute approximate surface area is 101 Å². The Morgan fingerprint density at radius 2 is 2.25 bits per heavy atom. The molecule has 0 aliphatic rings. The predicted octanol–water partition coefficient (Wildman–Crippen LogP) is 3.42. The van der Waals surface area contributed by atoms with Crippen LogP contribution in [0.5, 0.6) is 0 Å². The largest absolute Gasteiger partial charge is 0.234 e. The maximum absolute atomic E-state index is 6.10. The summed E-state index contributed by atoms with van der Waals surface area (Å²) in [6.07, 6.45) is 0. The molecule has 0 spiro atoms. The highest BCUT2D eigenvalue weighted by atomic mass is 35.5. The zero-order chi connectivity index (χ0) is 11.1. The first-order valence-corrected chi connectivity index (χ1v) is 6.06. The van der Waals surface area contributed by atoms with Crippen molar-refractivity contribution >= 4 is 28.6 Å². The fourth-order valence-corrected chi connectivity index (χ4v) is 2.56. The van der Waals surface area contributed by atoms with Gasteiger partial charge in [0.25, 0.3) is 0 Å². The molecule has 0 saturated heterocycles. The lowest BCUT2D eigenvalue weighted by Crippen LogP contribution is -1.93. The number of rotatable bonds is 1. The second-order valence-corrected chi connectivity index (χ2v) is 4.83. The van der Waals surface area contributed by atoms with Crippen LogP contribution in [0.15, 0.2) is 29.6 Å². The topological polar surface area (TPSA) is 30.2 Å². The lowest BCUT2D eigenvalue weighted by molar-refractivity contribution is 0.935. The molecule has 0 unspecified atom stereocenters. The first kappa shape index (κ1) is 9.81. The number of nitrogens with zero attached hydrogens (tertiary/aromatic N) is 3. The van der Waals surface area contributed by atoms with Crippen molar-refractivity contribution in [3.05, 3.63) is 40.5 Å². The van der Waals surface area contributed by atoms with Crippen molar-refractivity contribution in [1.29, 1.82) is 0 Å². The van der Waals surface area contributed by atoms with Crippen LogP contribution in [0.1, 0.15) is 5.69 Å². The molecule has 80 valence electrons. The van der Waals surface area contributed by atoms with E-state index >= 15 is 0 Å². The van der Waals surface area contributed by atoms with Gasteiger partial charge in [-0.2, -0.15) is 5.10 Å². The van der Waals surface area contributed by atoms with Crippen LogP contribution in [0, 0.1) is 6.92 Å². The van der Waals surface area contributed by atoms with Gasteiger partial charge in [0.1, 0.15) is 10.8 Å². The van der Waals surface area contributed by atoms with E-state index in [2.05, 4.69) is 10.1 Å². The van der Waals surface area contributed by atoms with E-state index in [1.807, 2.05) is 30.5 Å². The fraction of sp³-hybridized carbons (Fsp3) is 0.0909. The van der Waals surface area contributed by atoms with Crippen LogP contribution >= 0.6 is 22.9 Å². The average Bonchev–Trinajstić information content (AvgIpc) is 2.82. The van der Waals surface area contributed by atoms with Crippen LogP contribution in [0.3, 0.4) is 0 Å². The summed E-state index contributed by atoms with van der Waals surface area (Å²) in [5.41, 5.74) is 2.60. The quantitative estimate of drug-likeness (QED) is 0.619. The van der Waals surface area contributed by atoms with E-state index in [4.69, 9.17) is 11.6 Å². The van der Waals surface area contributed by atoms with Gasteiger partial charge in [-0.25, -0.2) is 9.50 Å². The summed E-state index contributed by atoms with van der Waals surface area (Å²) in [4.78, 5) is 5.51. The number of aromatic nitrogens is 3. The molecule has 3 rings (SSSR count). The molecule has 3 aromatic heterocycles. The van der Waals surface area contributed by atoms with Crippen molar-refractivity contribution in [3.8, 4) is 10.6 Å². The SMILES string of the molecule is Cc1cc(Cl)n2nc(-c3cccs3)cc2n1. The van der Waals surface area contributed by atoms with Crippen molar-refractivity contribution in [2.75, 3.05) is 0 Å². The van der Waals surface area contributed by atoms with Crippen molar-refractivity contribution in [3.63, 3.8) is 0 Å². The van der Waals surface area contributed by atoms with E-state index in [1.165, 1.54) is 0 Å². The minimum atomic E-state index is 0.588. The number of aryl methyl sites for hydroxylation is 1. The minimum Gasteiger partial charge on any atom is -0.234 e. The molecule has 0 amide bonds. The Bertz CT molecular complexity index is 643. The summed E-state index contributed by atoms with van der Waals surface area (Å²) < 4.78 is 1.66. The third-order valence-corrected chi connectivity index (χ3v) is 3.45. The van der Waals surface area contributed by atoms with Crippen molar-refractivity contribution in [1.82, 2.24) is 14.6 Å². The highest BCUT2D eigenvalue weighted by Gasteiger charge is 2.08. The van der Waals surface area contributed by atoms with Crippen molar-refractivity contribution in [2.45, 2.75) is 6.92 Å². The van der Waals surface area contributed by atoms with E-state index in [0.29, 0.717) is 5.15 Å². The van der Waals surface area contributed by atoms with Crippen molar-refractivity contribution in [2.24, 2.45) is 0 Å². The lowest BCUT2D eigenvalue weighted by atomic mass is 10.3. The predicted molar refractivity (Wildman–Crippen MR) is 66.0 cm³/mol. The Hall–Kier alpha value is -1.39. The third kappa shape index (κ3) is 1.50. The Kier molecular flexibility index (Phi) is 2.19. The van der Waals surface area contributed by atoms with Crippen LogP contribution < -0.4 is 0 Å². The van der Waals surface area contributed by atoms with Crippen molar-refractivity contribution < 1.29 is 0 Å². The minimum absolute atomic E-state index is 0.588. The first-order chi connectivity index (χ1) is 7.74. The Balaban J connectivity index is 2.27. The molecule has 0 aromatic carbocycles. The molecule has 0 radical (unpaired) electrons. The summed E-state index contributed by atoms with van der Waals surface area (Å²) >= 11 is 7.76. The van der Waals surface area contributed by atoms with E-state index < -0.39 is 0 Å². The molecule has 0 atom stereocenters. The summed E-state index contributed by atoms with van der Waals surface area (Å²) in [5, 5.41) is 7.04. The Morgan fingerprint density at radius 3 is 3.00 bits per heavy atom. The summed E-state index contributed by atoms with van der Waals surface area (Å²) in [6, 6.07) is 7.79. The van der Waals surface area contributed by atoms with Crippen LogP contribution in [0.25, 0.3) is 16.2 Å². The number of hydrogen-bond donors (Lipinski definition) is 0. The number of halogens is 1. The molecular formula is C11H8ClN3S. The molecule has 3 heterocycles. The number of fused-ring (bicyclic) bond motifs is 1. The highest BCUT2D eigenvalue weighted by Crippen LogP contribution is 2.25. The van der Waals surface area contributed by atoms with E-state index in [1.54, 1.807) is 21.9 Å². The molecular weight excluding hydrogens is 242 g/mol. The van der Waals surface area contributed by atoms with E-state index in [0.717, 1.165) is 21.9 Å². The molecule has 0 fully saturated rings. The van der Waals surface area contributed by atoms with Gasteiger partial charge in [0.15, 0.2) is 5.65 Å². The molecule has 5 heteroatoms. The number of thiophene rings is 1. The molecule has 3 nitrogen and oxygen atoms in total. The van der Waals surface area contributed by atoms with E-state index in [-0.39, 0.29) is 0 Å². The van der Waals surface area contributed by atoms with Crippen LogP contribution in [-0.4, -0.2) is 14.6 Å². The smallest absolute Gasteiger partial charge is 0.157 e. The van der Waals surface area contributed by atoms with Gasteiger partial charge in [-0.1, -0.05) is 17.7 Å². The van der Waals surface area contributed by atoms with Gasteiger partial charge < -0.3 is 0 Å². The van der Waals surface area contributed by atoms with Gasteiger partial charge >= 0.3 is 0 Å². The molecule has 0 aliphatic heterocycles. The first-order valence-electron chi connectivity index (χ1n) is 4.81. The lowest BCUT2D eigenvalue weighted by Gasteiger charge is -1.96. The second kappa shape index (κ2) is 3.57. The molecule has 0 N–H and O–H groups in total. The van der Waals surface area contributed by atoms with E-state index in [9.17, 15) is 0 Å². The van der Waals surface area contributed by atoms with Gasteiger partial charge in [0.05, 0.1) is 4.88 Å². The maximum Gasteiger partial charge on any atom is 0.157 e. The average molecular weight is 250 g/mol.